The molecular formula is C12H16O2S. The van der Waals surface area contributed by atoms with Crippen molar-refractivity contribution in [3.8, 4) is 5.75 Å². The van der Waals surface area contributed by atoms with Gasteiger partial charge < -0.3 is 4.74 Å². The van der Waals surface area contributed by atoms with Gasteiger partial charge in [-0.2, -0.15) is 0 Å². The highest BCUT2D eigenvalue weighted by atomic mass is 32.2. The van der Waals surface area contributed by atoms with Gasteiger partial charge in [-0.1, -0.05) is 13.0 Å². The molecule has 0 bridgehead atoms. The minimum atomic E-state index is 0.142. The lowest BCUT2D eigenvalue weighted by Crippen LogP contribution is -2.04. The smallest absolute Gasteiger partial charge is 0.167 e. The molecule has 1 aromatic rings. The van der Waals surface area contributed by atoms with Crippen LogP contribution in [0, 0.1) is 0 Å². The van der Waals surface area contributed by atoms with Crippen LogP contribution < -0.4 is 4.74 Å². The molecule has 0 aliphatic heterocycles. The van der Waals surface area contributed by atoms with Gasteiger partial charge in [0.25, 0.3) is 0 Å². The average molecular weight is 224 g/mol. The fraction of sp³-hybridized carbons (Fsp3) is 0.417. The van der Waals surface area contributed by atoms with Crippen LogP contribution in [0.4, 0.5) is 0 Å². The first-order chi connectivity index (χ1) is 7.24. The van der Waals surface area contributed by atoms with Gasteiger partial charge in [-0.15, -0.1) is 11.8 Å². The SMILES string of the molecule is CCOc1cccc(SC)c1C(=O)CC. The molecule has 0 N–H and O–H groups in total. The first-order valence-electron chi connectivity index (χ1n) is 5.07. The maximum Gasteiger partial charge on any atom is 0.167 e. The molecule has 0 atom stereocenters. The predicted molar refractivity (Wildman–Crippen MR) is 64.0 cm³/mol. The number of ketones is 1. The Morgan fingerprint density at radius 2 is 2.13 bits per heavy atom. The number of carbonyl (C=O) groups is 1. The lowest BCUT2D eigenvalue weighted by atomic mass is 10.1. The van der Waals surface area contributed by atoms with Crippen molar-refractivity contribution in [3.63, 3.8) is 0 Å². The molecular weight excluding hydrogens is 208 g/mol. The fourth-order valence-corrected chi connectivity index (χ4v) is 2.04. The molecule has 0 aromatic heterocycles. The van der Waals surface area contributed by atoms with Gasteiger partial charge in [-0.05, 0) is 25.3 Å². The highest BCUT2D eigenvalue weighted by Crippen LogP contribution is 2.29. The van der Waals surface area contributed by atoms with E-state index in [4.69, 9.17) is 4.74 Å². The first-order valence-corrected chi connectivity index (χ1v) is 6.30. The van der Waals surface area contributed by atoms with Crippen molar-refractivity contribution >= 4 is 17.5 Å². The minimum absolute atomic E-state index is 0.142. The highest BCUT2D eigenvalue weighted by molar-refractivity contribution is 7.98. The van der Waals surface area contributed by atoms with Crippen molar-refractivity contribution in [3.05, 3.63) is 23.8 Å². The minimum Gasteiger partial charge on any atom is -0.493 e. The van der Waals surface area contributed by atoms with E-state index in [9.17, 15) is 4.79 Å². The van der Waals surface area contributed by atoms with Gasteiger partial charge in [0, 0.05) is 11.3 Å². The van der Waals surface area contributed by atoms with Crippen molar-refractivity contribution in [2.75, 3.05) is 12.9 Å². The van der Waals surface area contributed by atoms with E-state index in [1.165, 1.54) is 0 Å². The van der Waals surface area contributed by atoms with Gasteiger partial charge in [-0.25, -0.2) is 0 Å². The zero-order valence-electron chi connectivity index (χ0n) is 9.37. The Bertz CT molecular complexity index is 347. The summed E-state index contributed by atoms with van der Waals surface area (Å²) in [5, 5.41) is 0. The van der Waals surface area contributed by atoms with Crippen LogP contribution >= 0.6 is 11.8 Å². The van der Waals surface area contributed by atoms with Crippen molar-refractivity contribution in [1.82, 2.24) is 0 Å². The summed E-state index contributed by atoms with van der Waals surface area (Å²) in [6.07, 6.45) is 2.48. The van der Waals surface area contributed by atoms with Gasteiger partial charge in [0.2, 0.25) is 0 Å². The van der Waals surface area contributed by atoms with E-state index in [-0.39, 0.29) is 5.78 Å². The highest BCUT2D eigenvalue weighted by Gasteiger charge is 2.14. The molecule has 0 radical (unpaired) electrons. The second-order valence-corrected chi connectivity index (χ2v) is 3.89. The monoisotopic (exact) mass is 224 g/mol. The zero-order valence-corrected chi connectivity index (χ0v) is 10.2. The summed E-state index contributed by atoms with van der Waals surface area (Å²) in [6, 6.07) is 5.73. The van der Waals surface area contributed by atoms with Crippen LogP contribution in [0.3, 0.4) is 0 Å². The van der Waals surface area contributed by atoms with Gasteiger partial charge >= 0.3 is 0 Å². The van der Waals surface area contributed by atoms with E-state index in [1.807, 2.05) is 38.3 Å². The number of Topliss-reactive ketones (excluding diaryl/α,β-unsaturated/α-hetero) is 1. The van der Waals surface area contributed by atoms with Crippen molar-refractivity contribution in [2.24, 2.45) is 0 Å². The summed E-state index contributed by atoms with van der Waals surface area (Å²) in [7, 11) is 0. The standard InChI is InChI=1S/C12H16O2S/c1-4-9(13)12-10(14-5-2)7-6-8-11(12)15-3/h6-8H,4-5H2,1-3H3. The molecule has 3 heteroatoms. The largest absolute Gasteiger partial charge is 0.493 e. The second kappa shape index (κ2) is 5.81. The van der Waals surface area contributed by atoms with E-state index in [2.05, 4.69) is 0 Å². The molecule has 0 spiro atoms. The number of ether oxygens (including phenoxy) is 1. The van der Waals surface area contributed by atoms with E-state index in [0.29, 0.717) is 18.8 Å². The molecule has 0 fully saturated rings. The number of hydrogen-bond acceptors (Lipinski definition) is 3. The number of rotatable bonds is 5. The average Bonchev–Trinajstić information content (AvgIpc) is 2.28. The third-order valence-corrected chi connectivity index (χ3v) is 2.89. The zero-order chi connectivity index (χ0) is 11.3. The number of thioether (sulfide) groups is 1. The van der Waals surface area contributed by atoms with Crippen molar-refractivity contribution in [1.29, 1.82) is 0 Å². The Kier molecular flexibility index (Phi) is 4.69. The molecule has 0 unspecified atom stereocenters. The summed E-state index contributed by atoms with van der Waals surface area (Å²) in [5.74, 6) is 0.847. The Balaban J connectivity index is 3.20. The van der Waals surface area contributed by atoms with Gasteiger partial charge in [0.05, 0.1) is 12.2 Å². The van der Waals surface area contributed by atoms with E-state index in [0.717, 1.165) is 10.5 Å². The lowest BCUT2D eigenvalue weighted by Gasteiger charge is -2.11. The van der Waals surface area contributed by atoms with E-state index >= 15 is 0 Å². The van der Waals surface area contributed by atoms with Crippen LogP contribution in [0.1, 0.15) is 30.6 Å². The van der Waals surface area contributed by atoms with Crippen LogP contribution in [-0.2, 0) is 0 Å². The molecule has 0 saturated heterocycles. The van der Waals surface area contributed by atoms with Crippen molar-refractivity contribution < 1.29 is 9.53 Å². The molecule has 15 heavy (non-hydrogen) atoms. The van der Waals surface area contributed by atoms with Gasteiger partial charge in [0.15, 0.2) is 5.78 Å². The Morgan fingerprint density at radius 3 is 2.67 bits per heavy atom. The predicted octanol–water partition coefficient (Wildman–Crippen LogP) is 3.40. The second-order valence-electron chi connectivity index (χ2n) is 3.04. The summed E-state index contributed by atoms with van der Waals surface area (Å²) >= 11 is 1.58. The molecule has 0 aliphatic carbocycles. The maximum atomic E-state index is 11.8. The van der Waals surface area contributed by atoms with Crippen LogP contribution in [0.5, 0.6) is 5.75 Å². The molecule has 0 heterocycles. The third-order valence-electron chi connectivity index (χ3n) is 2.11. The molecule has 82 valence electrons. The normalized spacial score (nSPS) is 10.1. The van der Waals surface area contributed by atoms with Crippen LogP contribution in [-0.4, -0.2) is 18.6 Å². The van der Waals surface area contributed by atoms with Crippen LogP contribution in [0.2, 0.25) is 0 Å². The van der Waals surface area contributed by atoms with Crippen molar-refractivity contribution in [2.45, 2.75) is 25.2 Å². The fourth-order valence-electron chi connectivity index (χ4n) is 1.41. The summed E-state index contributed by atoms with van der Waals surface area (Å²) in [5.41, 5.74) is 0.731. The lowest BCUT2D eigenvalue weighted by molar-refractivity contribution is 0.0981. The molecule has 0 saturated carbocycles. The summed E-state index contributed by atoms with van der Waals surface area (Å²) in [4.78, 5) is 12.8. The molecule has 0 amide bonds. The first kappa shape index (κ1) is 12.1. The molecule has 0 aliphatic rings. The van der Waals surface area contributed by atoms with E-state index < -0.39 is 0 Å². The Hall–Kier alpha value is -0.960. The summed E-state index contributed by atoms with van der Waals surface area (Å²) in [6.45, 7) is 4.38. The van der Waals surface area contributed by atoms with E-state index in [1.54, 1.807) is 11.8 Å². The van der Waals surface area contributed by atoms with Crippen LogP contribution in [0.15, 0.2) is 23.1 Å². The van der Waals surface area contributed by atoms with Gasteiger partial charge in [0.1, 0.15) is 5.75 Å². The number of carbonyl (C=O) groups excluding carboxylic acids is 1. The quantitative estimate of drug-likeness (QED) is 0.566. The summed E-state index contributed by atoms with van der Waals surface area (Å²) < 4.78 is 5.47. The Morgan fingerprint density at radius 1 is 1.40 bits per heavy atom. The molecule has 1 rings (SSSR count). The number of hydrogen-bond donors (Lipinski definition) is 0. The Labute approximate surface area is 95.0 Å². The van der Waals surface area contributed by atoms with Crippen LogP contribution in [0.25, 0.3) is 0 Å². The molecule has 1 aromatic carbocycles. The topological polar surface area (TPSA) is 26.3 Å². The molecule has 2 nitrogen and oxygen atoms in total. The maximum absolute atomic E-state index is 11.8. The number of benzene rings is 1. The van der Waals surface area contributed by atoms with Gasteiger partial charge in [-0.3, -0.25) is 4.79 Å². The third kappa shape index (κ3) is 2.75.